The number of fused-ring (bicyclic) bond motifs is 1. The molecule has 1 aliphatic heterocycles. The number of hydrogen-bond acceptors (Lipinski definition) is 6. The molecule has 140 valence electrons. The number of oxazole rings is 1. The van der Waals surface area contributed by atoms with Crippen LogP contribution in [0.5, 0.6) is 0 Å². The Balaban J connectivity index is 1.38. The molecule has 5 rings (SSSR count). The maximum absolute atomic E-state index is 12.9. The van der Waals surface area contributed by atoms with Crippen molar-refractivity contribution in [1.29, 1.82) is 5.26 Å². The monoisotopic (exact) mass is 373 g/mol. The van der Waals surface area contributed by atoms with Crippen molar-refractivity contribution < 1.29 is 9.21 Å². The van der Waals surface area contributed by atoms with Crippen LogP contribution in [0, 0.1) is 11.3 Å². The SMILES string of the molecule is N#Cc1cnc2ccccc2c1N1CCN(C(=O)c2ncoc2C2CC2)CC1. The predicted octanol–water partition coefficient (Wildman–Crippen LogP) is 2.93. The summed E-state index contributed by atoms with van der Waals surface area (Å²) < 4.78 is 5.46. The predicted molar refractivity (Wildman–Crippen MR) is 103 cm³/mol. The minimum atomic E-state index is -0.0598. The normalized spacial score (nSPS) is 17.0. The molecular weight excluding hydrogens is 354 g/mol. The number of carbonyl (C=O) groups is 1. The van der Waals surface area contributed by atoms with Crippen LogP contribution in [-0.2, 0) is 0 Å². The van der Waals surface area contributed by atoms with Crippen LogP contribution in [0.1, 0.15) is 40.6 Å². The van der Waals surface area contributed by atoms with Gasteiger partial charge in [0, 0.05) is 43.7 Å². The van der Waals surface area contributed by atoms with E-state index >= 15 is 0 Å². The summed E-state index contributed by atoms with van der Waals surface area (Å²) in [6.07, 6.45) is 5.14. The first kappa shape index (κ1) is 16.8. The lowest BCUT2D eigenvalue weighted by Gasteiger charge is -2.36. The minimum Gasteiger partial charge on any atom is -0.447 e. The third-order valence-electron chi connectivity index (χ3n) is 5.50. The summed E-state index contributed by atoms with van der Waals surface area (Å²) in [6, 6.07) is 10.1. The van der Waals surface area contributed by atoms with Gasteiger partial charge in [0.05, 0.1) is 16.8 Å². The van der Waals surface area contributed by atoms with E-state index in [-0.39, 0.29) is 5.91 Å². The second-order valence-electron chi connectivity index (χ2n) is 7.27. The first-order valence-corrected chi connectivity index (χ1v) is 9.51. The molecule has 3 aromatic rings. The average Bonchev–Trinajstić information content (AvgIpc) is 3.48. The number of nitrogens with zero attached hydrogens (tertiary/aromatic N) is 5. The fourth-order valence-electron chi connectivity index (χ4n) is 3.88. The minimum absolute atomic E-state index is 0.0598. The molecule has 2 aromatic heterocycles. The number of anilines is 1. The molecule has 0 atom stereocenters. The Bertz CT molecular complexity index is 1090. The van der Waals surface area contributed by atoms with Gasteiger partial charge in [0.1, 0.15) is 11.8 Å². The van der Waals surface area contributed by atoms with E-state index in [0.29, 0.717) is 43.4 Å². The summed E-state index contributed by atoms with van der Waals surface area (Å²) in [7, 11) is 0. The third-order valence-corrected chi connectivity index (χ3v) is 5.50. The average molecular weight is 373 g/mol. The lowest BCUT2D eigenvalue weighted by atomic mass is 10.1. The van der Waals surface area contributed by atoms with Gasteiger partial charge >= 0.3 is 0 Å². The van der Waals surface area contributed by atoms with Crippen LogP contribution in [0.15, 0.2) is 41.3 Å². The van der Waals surface area contributed by atoms with E-state index in [1.165, 1.54) is 6.39 Å². The lowest BCUT2D eigenvalue weighted by molar-refractivity contribution is 0.0739. The van der Waals surface area contributed by atoms with Crippen molar-refractivity contribution in [3.8, 4) is 6.07 Å². The topological polar surface area (TPSA) is 86.3 Å². The third kappa shape index (κ3) is 2.78. The molecule has 1 aromatic carbocycles. The molecule has 7 heteroatoms. The van der Waals surface area contributed by atoms with E-state index in [1.807, 2.05) is 29.2 Å². The van der Waals surface area contributed by atoms with Gasteiger partial charge in [-0.1, -0.05) is 18.2 Å². The second kappa shape index (κ2) is 6.64. The fraction of sp³-hybridized carbons (Fsp3) is 0.333. The molecule has 0 unspecified atom stereocenters. The Morgan fingerprint density at radius 3 is 2.68 bits per heavy atom. The van der Waals surface area contributed by atoms with Gasteiger partial charge in [-0.3, -0.25) is 9.78 Å². The molecule has 3 heterocycles. The molecule has 1 amide bonds. The van der Waals surface area contributed by atoms with Crippen LogP contribution >= 0.6 is 0 Å². The first-order chi connectivity index (χ1) is 13.8. The number of amides is 1. The highest BCUT2D eigenvalue weighted by Crippen LogP contribution is 2.41. The number of nitriles is 1. The number of hydrogen-bond donors (Lipinski definition) is 0. The number of para-hydroxylation sites is 1. The molecule has 0 bridgehead atoms. The number of aromatic nitrogens is 2. The van der Waals surface area contributed by atoms with Crippen LogP contribution in [0.3, 0.4) is 0 Å². The Hall–Kier alpha value is -3.40. The van der Waals surface area contributed by atoms with Crippen LogP contribution in [-0.4, -0.2) is 47.0 Å². The van der Waals surface area contributed by atoms with Crippen molar-refractivity contribution in [3.63, 3.8) is 0 Å². The number of benzene rings is 1. The largest absolute Gasteiger partial charge is 0.447 e. The van der Waals surface area contributed by atoms with Crippen molar-refractivity contribution >= 4 is 22.5 Å². The second-order valence-corrected chi connectivity index (χ2v) is 7.27. The van der Waals surface area contributed by atoms with Gasteiger partial charge in [-0.05, 0) is 18.9 Å². The van der Waals surface area contributed by atoms with Gasteiger partial charge < -0.3 is 14.2 Å². The summed E-state index contributed by atoms with van der Waals surface area (Å²) in [4.78, 5) is 25.5. The molecule has 0 N–H and O–H groups in total. The zero-order chi connectivity index (χ0) is 19.1. The zero-order valence-electron chi connectivity index (χ0n) is 15.3. The smallest absolute Gasteiger partial charge is 0.276 e. The van der Waals surface area contributed by atoms with E-state index in [2.05, 4.69) is 20.9 Å². The molecular formula is C21H19N5O2. The molecule has 0 radical (unpaired) electrons. The number of piperazine rings is 1. The summed E-state index contributed by atoms with van der Waals surface area (Å²) in [6.45, 7) is 2.48. The molecule has 2 fully saturated rings. The van der Waals surface area contributed by atoms with Crippen molar-refractivity contribution in [2.24, 2.45) is 0 Å². The zero-order valence-corrected chi connectivity index (χ0v) is 15.3. The summed E-state index contributed by atoms with van der Waals surface area (Å²) >= 11 is 0. The molecule has 1 saturated heterocycles. The molecule has 2 aliphatic rings. The molecule has 1 aliphatic carbocycles. The standard InChI is InChI=1S/C21H19N5O2/c22-11-15-12-23-17-4-2-1-3-16(17)19(15)25-7-9-26(10-8-25)21(27)18-20(14-5-6-14)28-13-24-18/h1-4,12-14H,5-10H2. The highest BCUT2D eigenvalue weighted by atomic mass is 16.3. The van der Waals surface area contributed by atoms with E-state index in [0.717, 1.165) is 35.2 Å². The summed E-state index contributed by atoms with van der Waals surface area (Å²) in [5, 5.41) is 10.5. The van der Waals surface area contributed by atoms with Crippen LogP contribution in [0.25, 0.3) is 10.9 Å². The Morgan fingerprint density at radius 1 is 1.14 bits per heavy atom. The molecule has 1 saturated carbocycles. The maximum atomic E-state index is 12.9. The van der Waals surface area contributed by atoms with Gasteiger partial charge in [-0.15, -0.1) is 0 Å². The molecule has 0 spiro atoms. The van der Waals surface area contributed by atoms with E-state index in [1.54, 1.807) is 6.20 Å². The van der Waals surface area contributed by atoms with Crippen molar-refractivity contribution in [1.82, 2.24) is 14.9 Å². The van der Waals surface area contributed by atoms with E-state index in [4.69, 9.17) is 4.42 Å². The highest BCUT2D eigenvalue weighted by molar-refractivity contribution is 5.95. The maximum Gasteiger partial charge on any atom is 0.276 e. The van der Waals surface area contributed by atoms with Gasteiger partial charge in [0.25, 0.3) is 5.91 Å². The van der Waals surface area contributed by atoms with Gasteiger partial charge in [-0.2, -0.15) is 5.26 Å². The van der Waals surface area contributed by atoms with Crippen molar-refractivity contribution in [2.45, 2.75) is 18.8 Å². The Labute approximate surface area is 162 Å². The van der Waals surface area contributed by atoms with Gasteiger partial charge in [0.15, 0.2) is 12.1 Å². The Morgan fingerprint density at radius 2 is 1.93 bits per heavy atom. The highest BCUT2D eigenvalue weighted by Gasteiger charge is 2.35. The van der Waals surface area contributed by atoms with Gasteiger partial charge in [-0.25, -0.2) is 4.98 Å². The quantitative estimate of drug-likeness (QED) is 0.702. The Kier molecular flexibility index (Phi) is 3.97. The number of pyridine rings is 1. The first-order valence-electron chi connectivity index (χ1n) is 9.51. The van der Waals surface area contributed by atoms with Gasteiger partial charge in [0.2, 0.25) is 0 Å². The fourth-order valence-corrected chi connectivity index (χ4v) is 3.88. The summed E-state index contributed by atoms with van der Waals surface area (Å²) in [5.74, 6) is 1.03. The van der Waals surface area contributed by atoms with Crippen molar-refractivity contribution in [2.75, 3.05) is 31.1 Å². The number of carbonyl (C=O) groups excluding carboxylic acids is 1. The van der Waals surface area contributed by atoms with E-state index < -0.39 is 0 Å². The molecule has 7 nitrogen and oxygen atoms in total. The lowest BCUT2D eigenvalue weighted by Crippen LogP contribution is -2.49. The van der Waals surface area contributed by atoms with Crippen LogP contribution in [0.4, 0.5) is 5.69 Å². The van der Waals surface area contributed by atoms with E-state index in [9.17, 15) is 10.1 Å². The number of rotatable bonds is 3. The molecule has 28 heavy (non-hydrogen) atoms. The van der Waals surface area contributed by atoms with Crippen molar-refractivity contribution in [3.05, 3.63) is 53.9 Å². The summed E-state index contributed by atoms with van der Waals surface area (Å²) in [5.41, 5.74) is 2.79. The van der Waals surface area contributed by atoms with Crippen LogP contribution < -0.4 is 4.90 Å². The van der Waals surface area contributed by atoms with Crippen LogP contribution in [0.2, 0.25) is 0 Å².